The van der Waals surface area contributed by atoms with Gasteiger partial charge < -0.3 is 5.11 Å². The molecule has 32 heavy (non-hydrogen) atoms. The van der Waals surface area contributed by atoms with E-state index in [1.807, 2.05) is 0 Å². The average Bonchev–Trinajstić information content (AvgIpc) is 3.18. The minimum atomic E-state index is -4.44. The van der Waals surface area contributed by atoms with Crippen molar-refractivity contribution in [3.05, 3.63) is 57.5 Å². The molecule has 5 nitrogen and oxygen atoms in total. The Morgan fingerprint density at radius 1 is 1.22 bits per heavy atom. The Labute approximate surface area is 185 Å². The van der Waals surface area contributed by atoms with Gasteiger partial charge in [-0.1, -0.05) is 57.2 Å². The molecule has 2 aromatic rings. The summed E-state index contributed by atoms with van der Waals surface area (Å²) in [5.41, 5.74) is -2.01. The molecule has 0 aliphatic heterocycles. The van der Waals surface area contributed by atoms with E-state index in [1.54, 1.807) is 6.07 Å². The number of nitrogens with zero attached hydrogens (tertiary/aromatic N) is 2. The largest absolute Gasteiger partial charge is 0.503 e. The van der Waals surface area contributed by atoms with E-state index in [1.165, 1.54) is 36.9 Å². The number of carbonyl (C=O) groups is 1. The monoisotopic (exact) mass is 450 g/mol. The highest BCUT2D eigenvalue weighted by Crippen LogP contribution is 2.44. The standard InChI is InChI=1S/C19H19F3N2O3.C5H10/c1-12(25)16-17(27)15(26)10-24(23-16)11-18(7-2-3-8-18)13-5-4-6-14(9-13)19(20,21)22;1-5-3-2-4-5/h4-6,9-10,26H,2-3,7-8,11H2,1H3;5H,2-4H2,1H3. The van der Waals surface area contributed by atoms with Gasteiger partial charge in [0.15, 0.2) is 17.2 Å². The van der Waals surface area contributed by atoms with Gasteiger partial charge >= 0.3 is 6.18 Å². The Kier molecular flexibility index (Phi) is 7.10. The Morgan fingerprint density at radius 2 is 1.84 bits per heavy atom. The van der Waals surface area contributed by atoms with Crippen molar-refractivity contribution in [3.8, 4) is 5.75 Å². The molecule has 0 saturated heterocycles. The van der Waals surface area contributed by atoms with Crippen LogP contribution in [0.3, 0.4) is 0 Å². The molecule has 1 heterocycles. The second-order valence-corrected chi connectivity index (χ2v) is 9.05. The van der Waals surface area contributed by atoms with Crippen LogP contribution >= 0.6 is 0 Å². The van der Waals surface area contributed by atoms with Crippen LogP contribution < -0.4 is 5.43 Å². The topological polar surface area (TPSA) is 72.2 Å². The van der Waals surface area contributed by atoms with Crippen LogP contribution in [-0.4, -0.2) is 20.7 Å². The van der Waals surface area contributed by atoms with Gasteiger partial charge in [-0.25, -0.2) is 0 Å². The molecule has 2 aliphatic carbocycles. The summed E-state index contributed by atoms with van der Waals surface area (Å²) in [6, 6.07) is 5.23. The number of hydrogen-bond donors (Lipinski definition) is 1. The van der Waals surface area contributed by atoms with E-state index in [2.05, 4.69) is 12.0 Å². The summed E-state index contributed by atoms with van der Waals surface area (Å²) in [4.78, 5) is 23.4. The molecule has 0 amide bonds. The first kappa shape index (κ1) is 24.0. The lowest BCUT2D eigenvalue weighted by Crippen LogP contribution is -2.31. The lowest BCUT2D eigenvalue weighted by molar-refractivity contribution is -0.137. The molecule has 0 atom stereocenters. The number of Topliss-reactive ketones (excluding diaryl/α,β-unsaturated/α-hetero) is 1. The van der Waals surface area contributed by atoms with Gasteiger partial charge in [0.2, 0.25) is 0 Å². The lowest BCUT2D eigenvalue weighted by Gasteiger charge is -2.31. The third-order valence-corrected chi connectivity index (χ3v) is 6.50. The minimum Gasteiger partial charge on any atom is -0.503 e. The zero-order valence-corrected chi connectivity index (χ0v) is 18.4. The van der Waals surface area contributed by atoms with Crippen molar-refractivity contribution in [2.75, 3.05) is 0 Å². The fourth-order valence-corrected chi connectivity index (χ4v) is 4.37. The van der Waals surface area contributed by atoms with E-state index in [4.69, 9.17) is 0 Å². The number of aromatic hydroxyl groups is 1. The highest BCUT2D eigenvalue weighted by molar-refractivity contribution is 5.92. The number of aromatic nitrogens is 2. The second kappa shape index (κ2) is 9.46. The smallest absolute Gasteiger partial charge is 0.416 e. The fraction of sp³-hybridized carbons (Fsp3) is 0.542. The molecule has 0 radical (unpaired) electrons. The molecule has 8 heteroatoms. The van der Waals surface area contributed by atoms with Crippen molar-refractivity contribution in [3.63, 3.8) is 0 Å². The summed E-state index contributed by atoms with van der Waals surface area (Å²) < 4.78 is 40.7. The van der Waals surface area contributed by atoms with Crippen LogP contribution in [0.5, 0.6) is 5.75 Å². The Hall–Kier alpha value is -2.64. The van der Waals surface area contributed by atoms with E-state index in [0.717, 1.165) is 37.1 Å². The lowest BCUT2D eigenvalue weighted by atomic mass is 9.78. The molecule has 0 unspecified atom stereocenters. The fourth-order valence-electron chi connectivity index (χ4n) is 4.37. The maximum absolute atomic E-state index is 13.1. The molecule has 1 aromatic carbocycles. The summed E-state index contributed by atoms with van der Waals surface area (Å²) in [6.07, 6.45) is 4.15. The second-order valence-electron chi connectivity index (χ2n) is 9.05. The maximum Gasteiger partial charge on any atom is 0.416 e. The van der Waals surface area contributed by atoms with Crippen LogP contribution in [0.25, 0.3) is 0 Å². The van der Waals surface area contributed by atoms with Crippen molar-refractivity contribution in [1.29, 1.82) is 0 Å². The highest BCUT2D eigenvalue weighted by atomic mass is 19.4. The molecule has 2 aliphatic rings. The number of ketones is 1. The van der Waals surface area contributed by atoms with Gasteiger partial charge in [0.25, 0.3) is 5.43 Å². The first-order chi connectivity index (χ1) is 15.0. The van der Waals surface area contributed by atoms with Crippen molar-refractivity contribution < 1.29 is 23.1 Å². The van der Waals surface area contributed by atoms with Gasteiger partial charge in [0.05, 0.1) is 18.3 Å². The normalized spacial score (nSPS) is 17.9. The van der Waals surface area contributed by atoms with Crippen LogP contribution in [-0.2, 0) is 18.1 Å². The predicted molar refractivity (Wildman–Crippen MR) is 115 cm³/mol. The quantitative estimate of drug-likeness (QED) is 0.626. The van der Waals surface area contributed by atoms with Gasteiger partial charge in [-0.3, -0.25) is 14.3 Å². The molecule has 174 valence electrons. The van der Waals surface area contributed by atoms with Crippen molar-refractivity contribution in [1.82, 2.24) is 9.78 Å². The molecule has 0 spiro atoms. The molecule has 2 saturated carbocycles. The van der Waals surface area contributed by atoms with E-state index in [-0.39, 0.29) is 12.2 Å². The third-order valence-electron chi connectivity index (χ3n) is 6.50. The third kappa shape index (κ3) is 5.40. The summed E-state index contributed by atoms with van der Waals surface area (Å²) >= 11 is 0. The van der Waals surface area contributed by atoms with Crippen LogP contribution in [0.15, 0.2) is 35.3 Å². The zero-order chi connectivity index (χ0) is 23.5. The van der Waals surface area contributed by atoms with Crippen molar-refractivity contribution in [2.45, 2.75) is 76.9 Å². The molecular formula is C24H29F3N2O3. The molecule has 2 fully saturated rings. The first-order valence-electron chi connectivity index (χ1n) is 11.0. The number of alkyl halides is 3. The van der Waals surface area contributed by atoms with Gasteiger partial charge in [-0.05, 0) is 30.4 Å². The van der Waals surface area contributed by atoms with E-state index in [0.29, 0.717) is 18.4 Å². The number of hydrogen-bond acceptors (Lipinski definition) is 4. The summed E-state index contributed by atoms with van der Waals surface area (Å²) in [5, 5.41) is 13.8. The SMILES string of the molecule is CC(=O)c1nn(CC2(c3cccc(C(F)(F)F)c3)CCCC2)cc(O)c1=O.CC1CCC1. The molecule has 0 bridgehead atoms. The van der Waals surface area contributed by atoms with Crippen LogP contribution in [0.2, 0.25) is 0 Å². The molecule has 1 aromatic heterocycles. The van der Waals surface area contributed by atoms with E-state index < -0.39 is 34.1 Å². The number of benzene rings is 1. The van der Waals surface area contributed by atoms with Crippen molar-refractivity contribution >= 4 is 5.78 Å². The average molecular weight is 451 g/mol. The van der Waals surface area contributed by atoms with Crippen LogP contribution in [0.4, 0.5) is 13.2 Å². The van der Waals surface area contributed by atoms with Gasteiger partial charge in [0, 0.05) is 12.3 Å². The Balaban J connectivity index is 0.000000509. The maximum atomic E-state index is 13.1. The Morgan fingerprint density at radius 3 is 2.34 bits per heavy atom. The number of rotatable bonds is 4. The minimum absolute atomic E-state index is 0.169. The van der Waals surface area contributed by atoms with Gasteiger partial charge in [-0.2, -0.15) is 18.3 Å². The molecule has 1 N–H and O–H groups in total. The molecule has 4 rings (SSSR count). The van der Waals surface area contributed by atoms with E-state index >= 15 is 0 Å². The summed E-state index contributed by atoms with van der Waals surface area (Å²) in [5.74, 6) is -0.119. The van der Waals surface area contributed by atoms with Gasteiger partial charge in [0.1, 0.15) is 0 Å². The van der Waals surface area contributed by atoms with Crippen molar-refractivity contribution in [2.24, 2.45) is 5.92 Å². The predicted octanol–water partition coefficient (Wildman–Crippen LogP) is 5.49. The van der Waals surface area contributed by atoms with E-state index in [9.17, 15) is 27.9 Å². The molecular weight excluding hydrogens is 421 g/mol. The van der Waals surface area contributed by atoms with Gasteiger partial charge in [-0.15, -0.1) is 0 Å². The first-order valence-corrected chi connectivity index (χ1v) is 11.0. The number of halogens is 3. The highest BCUT2D eigenvalue weighted by Gasteiger charge is 2.39. The van der Waals surface area contributed by atoms with Crippen LogP contribution in [0, 0.1) is 5.92 Å². The van der Waals surface area contributed by atoms with Crippen LogP contribution in [0.1, 0.15) is 80.4 Å². The summed E-state index contributed by atoms with van der Waals surface area (Å²) in [7, 11) is 0. The Bertz CT molecular complexity index is 1020. The number of carbonyl (C=O) groups excluding carboxylic acids is 1. The zero-order valence-electron chi connectivity index (χ0n) is 18.4. The summed E-state index contributed by atoms with van der Waals surface area (Å²) in [6.45, 7) is 3.65.